The number of carbonyl (C=O) groups excluding carboxylic acids is 1. The minimum absolute atomic E-state index is 0.0485. The van der Waals surface area contributed by atoms with Crippen molar-refractivity contribution in [3.05, 3.63) is 29.8 Å². The van der Waals surface area contributed by atoms with Gasteiger partial charge in [-0.25, -0.2) is 8.42 Å². The number of piperidine rings is 1. The van der Waals surface area contributed by atoms with Gasteiger partial charge in [-0.1, -0.05) is 13.8 Å². The van der Waals surface area contributed by atoms with E-state index in [4.69, 9.17) is 4.74 Å². The fourth-order valence-electron chi connectivity index (χ4n) is 3.29. The van der Waals surface area contributed by atoms with E-state index in [-0.39, 0.29) is 10.8 Å². The second-order valence-corrected chi connectivity index (χ2v) is 8.27. The number of hydrogen-bond acceptors (Lipinski definition) is 4. The van der Waals surface area contributed by atoms with Crippen LogP contribution in [-0.4, -0.2) is 63.4 Å². The van der Waals surface area contributed by atoms with Crippen molar-refractivity contribution in [1.82, 2.24) is 9.21 Å². The van der Waals surface area contributed by atoms with E-state index in [1.807, 2.05) is 18.7 Å². The molecular weight excluding hydrogens is 340 g/mol. The highest BCUT2D eigenvalue weighted by Gasteiger charge is 2.26. The molecule has 0 aromatic heterocycles. The Bertz CT molecular complexity index is 667. The molecule has 6 nitrogen and oxygen atoms in total. The quantitative estimate of drug-likeness (QED) is 0.740. The number of sulfonamides is 1. The third-order valence-electron chi connectivity index (χ3n) is 4.65. The number of nitrogens with zero attached hydrogens (tertiary/aromatic N) is 2. The Balaban J connectivity index is 2.12. The largest absolute Gasteiger partial charge is 0.384 e. The number of amides is 1. The number of carbonyl (C=O) groups is 1. The second kappa shape index (κ2) is 8.78. The zero-order chi connectivity index (χ0) is 18.4. The smallest absolute Gasteiger partial charge is 0.253 e. The van der Waals surface area contributed by atoms with Gasteiger partial charge < -0.3 is 9.64 Å². The van der Waals surface area contributed by atoms with Crippen molar-refractivity contribution in [1.29, 1.82) is 0 Å². The summed E-state index contributed by atoms with van der Waals surface area (Å²) in [6, 6.07) is 6.27. The molecule has 0 saturated carbocycles. The Kier molecular flexibility index (Phi) is 6.98. The van der Waals surface area contributed by atoms with Gasteiger partial charge in [-0.2, -0.15) is 4.31 Å². The maximum atomic E-state index is 12.7. The fraction of sp³-hybridized carbons (Fsp3) is 0.611. The van der Waals surface area contributed by atoms with Crippen LogP contribution in [0, 0.1) is 5.92 Å². The standard InChI is InChI=1S/C18H28N2O4S/c1-4-20(5-2)25(22,23)17-10-8-16(9-11-17)18(21)19-12-6-7-15(13-19)14-24-3/h8-11,15H,4-7,12-14H2,1-3H3. The maximum absolute atomic E-state index is 12.7. The lowest BCUT2D eigenvalue weighted by Crippen LogP contribution is -2.41. The average molecular weight is 368 g/mol. The monoisotopic (exact) mass is 368 g/mol. The fourth-order valence-corrected chi connectivity index (χ4v) is 4.74. The molecule has 1 unspecified atom stereocenters. The van der Waals surface area contributed by atoms with Crippen LogP contribution in [0.25, 0.3) is 0 Å². The zero-order valence-corrected chi connectivity index (χ0v) is 16.1. The highest BCUT2D eigenvalue weighted by Crippen LogP contribution is 2.21. The van der Waals surface area contributed by atoms with E-state index < -0.39 is 10.0 Å². The first kappa shape index (κ1) is 19.9. The van der Waals surface area contributed by atoms with Gasteiger partial charge in [0.15, 0.2) is 0 Å². The Hall–Kier alpha value is -1.44. The molecule has 2 rings (SSSR count). The second-order valence-electron chi connectivity index (χ2n) is 6.33. The molecular formula is C18H28N2O4S. The molecule has 1 heterocycles. The Morgan fingerprint density at radius 3 is 2.44 bits per heavy atom. The van der Waals surface area contributed by atoms with Crippen molar-refractivity contribution in [2.75, 3.05) is 39.9 Å². The summed E-state index contributed by atoms with van der Waals surface area (Å²) in [4.78, 5) is 14.7. The molecule has 1 aliphatic heterocycles. The minimum Gasteiger partial charge on any atom is -0.384 e. The van der Waals surface area contributed by atoms with Gasteiger partial charge in [-0.15, -0.1) is 0 Å². The zero-order valence-electron chi connectivity index (χ0n) is 15.3. The van der Waals surface area contributed by atoms with E-state index in [0.29, 0.717) is 37.7 Å². The van der Waals surface area contributed by atoms with Gasteiger partial charge in [-0.3, -0.25) is 4.79 Å². The third kappa shape index (κ3) is 4.59. The Labute approximate surface area is 150 Å². The molecule has 7 heteroatoms. The van der Waals surface area contributed by atoms with Crippen LogP contribution in [-0.2, 0) is 14.8 Å². The molecule has 1 saturated heterocycles. The predicted octanol–water partition coefficient (Wildman–Crippen LogP) is 2.22. The van der Waals surface area contributed by atoms with Gasteiger partial charge in [-0.05, 0) is 43.0 Å². The van der Waals surface area contributed by atoms with E-state index >= 15 is 0 Å². The van der Waals surface area contributed by atoms with Gasteiger partial charge in [0.25, 0.3) is 5.91 Å². The van der Waals surface area contributed by atoms with Gasteiger partial charge in [0.2, 0.25) is 10.0 Å². The molecule has 140 valence electrons. The van der Waals surface area contributed by atoms with Crippen LogP contribution in [0.5, 0.6) is 0 Å². The van der Waals surface area contributed by atoms with E-state index in [2.05, 4.69) is 0 Å². The maximum Gasteiger partial charge on any atom is 0.253 e. The van der Waals surface area contributed by atoms with Crippen LogP contribution in [0.15, 0.2) is 29.2 Å². The van der Waals surface area contributed by atoms with Crippen LogP contribution in [0.2, 0.25) is 0 Å². The number of ether oxygens (including phenoxy) is 1. The first-order chi connectivity index (χ1) is 11.9. The molecule has 0 N–H and O–H groups in total. The van der Waals surface area contributed by atoms with Crippen LogP contribution < -0.4 is 0 Å². The van der Waals surface area contributed by atoms with Crippen molar-refractivity contribution >= 4 is 15.9 Å². The van der Waals surface area contributed by atoms with Crippen molar-refractivity contribution in [3.63, 3.8) is 0 Å². The van der Waals surface area contributed by atoms with Crippen LogP contribution in [0.3, 0.4) is 0 Å². The summed E-state index contributed by atoms with van der Waals surface area (Å²) in [6.45, 7) is 6.55. The van der Waals surface area contributed by atoms with Gasteiger partial charge in [0, 0.05) is 38.9 Å². The number of likely N-dealkylation sites (tertiary alicyclic amines) is 1. The molecule has 0 bridgehead atoms. The lowest BCUT2D eigenvalue weighted by atomic mass is 9.98. The van der Waals surface area contributed by atoms with Crippen molar-refractivity contribution < 1.29 is 17.9 Å². The van der Waals surface area contributed by atoms with Crippen LogP contribution in [0.1, 0.15) is 37.0 Å². The molecule has 0 radical (unpaired) electrons. The first-order valence-corrected chi connectivity index (χ1v) is 10.3. The molecule has 1 aromatic rings. The highest BCUT2D eigenvalue weighted by molar-refractivity contribution is 7.89. The number of rotatable bonds is 7. The summed E-state index contributed by atoms with van der Waals surface area (Å²) in [6.07, 6.45) is 2.03. The first-order valence-electron chi connectivity index (χ1n) is 8.82. The average Bonchev–Trinajstić information content (AvgIpc) is 2.62. The Morgan fingerprint density at radius 1 is 1.24 bits per heavy atom. The lowest BCUT2D eigenvalue weighted by molar-refractivity contribution is 0.0571. The van der Waals surface area contributed by atoms with E-state index in [9.17, 15) is 13.2 Å². The third-order valence-corrected chi connectivity index (χ3v) is 6.72. The number of benzene rings is 1. The van der Waals surface area contributed by atoms with Crippen LogP contribution >= 0.6 is 0 Å². The highest BCUT2D eigenvalue weighted by atomic mass is 32.2. The summed E-state index contributed by atoms with van der Waals surface area (Å²) in [7, 11) is -1.82. The molecule has 1 aromatic carbocycles. The number of hydrogen-bond donors (Lipinski definition) is 0. The lowest BCUT2D eigenvalue weighted by Gasteiger charge is -2.32. The summed E-state index contributed by atoms with van der Waals surface area (Å²) in [5, 5.41) is 0. The Morgan fingerprint density at radius 2 is 1.88 bits per heavy atom. The van der Waals surface area contributed by atoms with Crippen LogP contribution in [0.4, 0.5) is 0 Å². The molecule has 1 amide bonds. The normalized spacial score (nSPS) is 18.6. The topological polar surface area (TPSA) is 66.9 Å². The molecule has 25 heavy (non-hydrogen) atoms. The van der Waals surface area contributed by atoms with Crippen molar-refractivity contribution in [2.45, 2.75) is 31.6 Å². The van der Waals surface area contributed by atoms with Gasteiger partial charge in [0.1, 0.15) is 0 Å². The van der Waals surface area contributed by atoms with Crippen molar-refractivity contribution in [2.24, 2.45) is 5.92 Å². The van der Waals surface area contributed by atoms with Gasteiger partial charge >= 0.3 is 0 Å². The van der Waals surface area contributed by atoms with E-state index in [1.165, 1.54) is 16.4 Å². The minimum atomic E-state index is -3.49. The van der Waals surface area contributed by atoms with E-state index in [0.717, 1.165) is 19.4 Å². The summed E-state index contributed by atoms with van der Waals surface area (Å²) < 4.78 is 31.6. The summed E-state index contributed by atoms with van der Waals surface area (Å²) in [5.74, 6) is 0.317. The van der Waals surface area contributed by atoms with Gasteiger partial charge in [0.05, 0.1) is 11.5 Å². The number of methoxy groups -OCH3 is 1. The molecule has 1 fully saturated rings. The predicted molar refractivity (Wildman–Crippen MR) is 97.1 cm³/mol. The summed E-state index contributed by atoms with van der Waals surface area (Å²) in [5.41, 5.74) is 0.525. The molecule has 0 aliphatic carbocycles. The van der Waals surface area contributed by atoms with E-state index in [1.54, 1.807) is 19.2 Å². The molecule has 1 aliphatic rings. The SMILES string of the molecule is CCN(CC)S(=O)(=O)c1ccc(C(=O)N2CCCC(COC)C2)cc1. The summed E-state index contributed by atoms with van der Waals surface area (Å²) >= 11 is 0. The van der Waals surface area contributed by atoms with Crippen molar-refractivity contribution in [3.8, 4) is 0 Å². The molecule has 0 spiro atoms. The molecule has 1 atom stereocenters.